The van der Waals surface area contributed by atoms with Gasteiger partial charge >= 0.3 is 5.97 Å². The number of aryl methyl sites for hydroxylation is 1. The zero-order valence-corrected chi connectivity index (χ0v) is 7.76. The topological polar surface area (TPSA) is 50.2 Å². The molecule has 0 spiro atoms. The molecular weight excluding hydrogens is 186 g/mol. The van der Waals surface area contributed by atoms with Crippen molar-refractivity contribution in [3.63, 3.8) is 0 Å². The molecule has 0 aliphatic rings. The third-order valence-electron chi connectivity index (χ3n) is 1.74. The second-order valence-corrected chi connectivity index (χ2v) is 3.96. The molecule has 1 N–H and O–H groups in total. The average molecular weight is 193 g/mol. The number of thiazole rings is 1. The van der Waals surface area contributed by atoms with Crippen LogP contribution in [-0.2, 0) is 0 Å². The third kappa shape index (κ3) is 1.40. The quantitative estimate of drug-likeness (QED) is 0.756. The molecule has 0 atom stereocenters. The first-order valence-corrected chi connectivity index (χ1v) is 4.59. The lowest BCUT2D eigenvalue weighted by molar-refractivity contribution is 0.0697. The maximum atomic E-state index is 10.6. The molecule has 1 aromatic heterocycles. The molecule has 13 heavy (non-hydrogen) atoms. The van der Waals surface area contributed by atoms with Gasteiger partial charge in [-0.2, -0.15) is 0 Å². The number of nitrogens with zero attached hydrogens (tertiary/aromatic N) is 1. The molecule has 0 fully saturated rings. The first kappa shape index (κ1) is 8.19. The van der Waals surface area contributed by atoms with Crippen LogP contribution in [0.25, 0.3) is 10.2 Å². The molecular formula is C9H7NO2S. The Labute approximate surface area is 78.7 Å². The first-order chi connectivity index (χ1) is 6.16. The number of benzene rings is 1. The van der Waals surface area contributed by atoms with Crippen molar-refractivity contribution >= 4 is 27.5 Å². The van der Waals surface area contributed by atoms with E-state index in [1.807, 2.05) is 6.92 Å². The Morgan fingerprint density at radius 3 is 3.00 bits per heavy atom. The minimum atomic E-state index is -0.895. The van der Waals surface area contributed by atoms with Crippen molar-refractivity contribution in [2.45, 2.75) is 6.92 Å². The van der Waals surface area contributed by atoms with Crippen LogP contribution in [0.4, 0.5) is 0 Å². The van der Waals surface area contributed by atoms with Gasteiger partial charge in [0.15, 0.2) is 0 Å². The van der Waals surface area contributed by atoms with Crippen LogP contribution >= 0.6 is 11.3 Å². The van der Waals surface area contributed by atoms with Crippen LogP contribution in [0.5, 0.6) is 0 Å². The van der Waals surface area contributed by atoms with Crippen LogP contribution in [-0.4, -0.2) is 16.1 Å². The Morgan fingerprint density at radius 2 is 2.31 bits per heavy atom. The molecule has 3 nitrogen and oxygen atoms in total. The number of aromatic nitrogens is 1. The largest absolute Gasteiger partial charge is 0.478 e. The molecule has 0 unspecified atom stereocenters. The van der Waals surface area contributed by atoms with Crippen molar-refractivity contribution in [1.82, 2.24) is 4.98 Å². The monoisotopic (exact) mass is 193 g/mol. The molecule has 0 saturated carbocycles. The number of hydrogen-bond donors (Lipinski definition) is 1. The number of carbonyl (C=O) groups is 1. The molecule has 4 heteroatoms. The Bertz CT molecular complexity index is 475. The van der Waals surface area contributed by atoms with Crippen molar-refractivity contribution in [2.24, 2.45) is 0 Å². The zero-order valence-electron chi connectivity index (χ0n) is 6.94. The van der Waals surface area contributed by atoms with E-state index in [1.165, 1.54) is 11.3 Å². The molecule has 0 aliphatic heterocycles. The van der Waals surface area contributed by atoms with Crippen molar-refractivity contribution in [1.29, 1.82) is 0 Å². The highest BCUT2D eigenvalue weighted by molar-refractivity contribution is 7.18. The van der Waals surface area contributed by atoms with Crippen molar-refractivity contribution in [3.8, 4) is 0 Å². The molecule has 0 aliphatic carbocycles. The highest BCUT2D eigenvalue weighted by atomic mass is 32.1. The van der Waals surface area contributed by atoms with Gasteiger partial charge in [-0.15, -0.1) is 11.3 Å². The van der Waals surface area contributed by atoms with E-state index in [0.717, 1.165) is 15.2 Å². The predicted molar refractivity (Wildman–Crippen MR) is 51.3 cm³/mol. The zero-order chi connectivity index (χ0) is 9.42. The van der Waals surface area contributed by atoms with Gasteiger partial charge in [0.25, 0.3) is 0 Å². The van der Waals surface area contributed by atoms with E-state index in [4.69, 9.17) is 5.11 Å². The summed E-state index contributed by atoms with van der Waals surface area (Å²) in [4.78, 5) is 14.9. The van der Waals surface area contributed by atoms with Crippen LogP contribution in [0.15, 0.2) is 18.2 Å². The van der Waals surface area contributed by atoms with E-state index in [-0.39, 0.29) is 0 Å². The minimum Gasteiger partial charge on any atom is -0.478 e. The summed E-state index contributed by atoms with van der Waals surface area (Å²) in [5.74, 6) is -0.895. The van der Waals surface area contributed by atoms with E-state index in [0.29, 0.717) is 5.56 Å². The summed E-state index contributed by atoms with van der Waals surface area (Å²) in [7, 11) is 0. The normalized spacial score (nSPS) is 10.5. The fourth-order valence-electron chi connectivity index (χ4n) is 1.17. The number of carboxylic acids is 1. The maximum absolute atomic E-state index is 10.6. The maximum Gasteiger partial charge on any atom is 0.335 e. The standard InChI is InChI=1S/C9H7NO2S/c1-5-10-7-3-2-6(9(11)12)4-8(7)13-5/h2-4H,1H3,(H,11,12). The molecule has 66 valence electrons. The average Bonchev–Trinajstić information content (AvgIpc) is 2.42. The molecule has 0 bridgehead atoms. The first-order valence-electron chi connectivity index (χ1n) is 3.77. The van der Waals surface area contributed by atoms with Gasteiger partial charge in [0, 0.05) is 0 Å². The summed E-state index contributed by atoms with van der Waals surface area (Å²) in [5, 5.41) is 9.69. The molecule has 0 radical (unpaired) electrons. The minimum absolute atomic E-state index is 0.316. The lowest BCUT2D eigenvalue weighted by atomic mass is 10.2. The van der Waals surface area contributed by atoms with Crippen molar-refractivity contribution in [2.75, 3.05) is 0 Å². The molecule has 0 saturated heterocycles. The van der Waals surface area contributed by atoms with E-state index in [9.17, 15) is 4.79 Å². The van der Waals surface area contributed by atoms with Crippen LogP contribution < -0.4 is 0 Å². The van der Waals surface area contributed by atoms with Gasteiger partial charge in [-0.1, -0.05) is 0 Å². The van der Waals surface area contributed by atoms with Crippen molar-refractivity contribution in [3.05, 3.63) is 28.8 Å². The van der Waals surface area contributed by atoms with Crippen molar-refractivity contribution < 1.29 is 9.90 Å². The second kappa shape index (κ2) is 2.81. The summed E-state index contributed by atoms with van der Waals surface area (Å²) in [6.07, 6.45) is 0. The Morgan fingerprint density at radius 1 is 1.54 bits per heavy atom. The van der Waals surface area contributed by atoms with Gasteiger partial charge in [-0.25, -0.2) is 9.78 Å². The highest BCUT2D eigenvalue weighted by Crippen LogP contribution is 2.22. The number of aromatic carboxylic acids is 1. The van der Waals surface area contributed by atoms with Crippen LogP contribution in [0.3, 0.4) is 0 Å². The van der Waals surface area contributed by atoms with Gasteiger partial charge in [0.2, 0.25) is 0 Å². The SMILES string of the molecule is Cc1nc2ccc(C(=O)O)cc2s1. The van der Waals surface area contributed by atoms with Crippen LogP contribution in [0.2, 0.25) is 0 Å². The summed E-state index contributed by atoms with van der Waals surface area (Å²) in [6, 6.07) is 4.97. The van der Waals surface area contributed by atoms with Gasteiger partial charge < -0.3 is 5.11 Å². The van der Waals surface area contributed by atoms with Gasteiger partial charge in [-0.3, -0.25) is 0 Å². The number of rotatable bonds is 1. The smallest absolute Gasteiger partial charge is 0.335 e. The van der Waals surface area contributed by atoms with Gasteiger partial charge in [0.05, 0.1) is 20.8 Å². The number of hydrogen-bond acceptors (Lipinski definition) is 3. The summed E-state index contributed by atoms with van der Waals surface area (Å²) in [5.41, 5.74) is 1.18. The Kier molecular flexibility index (Phi) is 1.77. The van der Waals surface area contributed by atoms with E-state index in [2.05, 4.69) is 4.98 Å². The Balaban J connectivity index is 2.67. The van der Waals surface area contributed by atoms with E-state index < -0.39 is 5.97 Å². The lowest BCUT2D eigenvalue weighted by Crippen LogP contribution is -1.94. The molecule has 2 aromatic rings. The van der Waals surface area contributed by atoms with E-state index >= 15 is 0 Å². The number of carboxylic acid groups (broad SMARTS) is 1. The Hall–Kier alpha value is -1.42. The third-order valence-corrected chi connectivity index (χ3v) is 2.68. The molecule has 0 amide bonds. The number of fused-ring (bicyclic) bond motifs is 1. The highest BCUT2D eigenvalue weighted by Gasteiger charge is 2.05. The van der Waals surface area contributed by atoms with Gasteiger partial charge in [0.1, 0.15) is 0 Å². The summed E-state index contributed by atoms with van der Waals surface area (Å²) in [6.45, 7) is 1.91. The summed E-state index contributed by atoms with van der Waals surface area (Å²) >= 11 is 1.51. The summed E-state index contributed by atoms with van der Waals surface area (Å²) < 4.78 is 0.928. The van der Waals surface area contributed by atoms with Crippen LogP contribution in [0.1, 0.15) is 15.4 Å². The predicted octanol–water partition coefficient (Wildman–Crippen LogP) is 2.30. The second-order valence-electron chi connectivity index (χ2n) is 2.72. The molecule has 2 rings (SSSR count). The fourth-order valence-corrected chi connectivity index (χ4v) is 2.04. The molecule has 1 heterocycles. The fraction of sp³-hybridized carbons (Fsp3) is 0.111. The van der Waals surface area contributed by atoms with Crippen LogP contribution in [0, 0.1) is 6.92 Å². The van der Waals surface area contributed by atoms with E-state index in [1.54, 1.807) is 18.2 Å². The lowest BCUT2D eigenvalue weighted by Gasteiger charge is -1.91. The molecule has 1 aromatic carbocycles. The van der Waals surface area contributed by atoms with Gasteiger partial charge in [-0.05, 0) is 25.1 Å².